The summed E-state index contributed by atoms with van der Waals surface area (Å²) in [6, 6.07) is 13.8. The number of aryl methyl sites for hydroxylation is 1. The Bertz CT molecular complexity index is 1260. The number of nitrogens with one attached hydrogen (secondary N) is 2. The Morgan fingerprint density at radius 3 is 2.47 bits per heavy atom. The van der Waals surface area contributed by atoms with Gasteiger partial charge in [0, 0.05) is 16.1 Å². The molecule has 0 spiro atoms. The van der Waals surface area contributed by atoms with E-state index in [2.05, 4.69) is 10.6 Å². The fraction of sp³-hybridized carbons (Fsp3) is 0.167. The number of furan rings is 1. The number of halogens is 1. The highest BCUT2D eigenvalue weighted by molar-refractivity contribution is 8.00. The highest BCUT2D eigenvalue weighted by Crippen LogP contribution is 2.26. The van der Waals surface area contributed by atoms with Gasteiger partial charge in [0.1, 0.15) is 23.2 Å². The summed E-state index contributed by atoms with van der Waals surface area (Å²) < 4.78 is 23.5. The molecule has 1 heterocycles. The van der Waals surface area contributed by atoms with Gasteiger partial charge in [0.05, 0.1) is 11.3 Å². The lowest BCUT2D eigenvalue weighted by atomic mass is 10.2. The molecule has 0 saturated carbocycles. The van der Waals surface area contributed by atoms with Crippen molar-refractivity contribution in [1.82, 2.24) is 0 Å². The number of rotatable bonds is 8. The van der Waals surface area contributed by atoms with Gasteiger partial charge in [-0.2, -0.15) is 5.26 Å². The highest BCUT2D eigenvalue weighted by Gasteiger charge is 2.19. The van der Waals surface area contributed by atoms with Crippen molar-refractivity contribution >= 4 is 41.1 Å². The zero-order chi connectivity index (χ0) is 24.7. The van der Waals surface area contributed by atoms with Gasteiger partial charge in [-0.25, -0.2) is 9.18 Å². The highest BCUT2D eigenvalue weighted by atomic mass is 32.2. The zero-order valence-electron chi connectivity index (χ0n) is 18.3. The molecule has 8 nitrogen and oxygen atoms in total. The number of ether oxygens (including phenoxy) is 1. The van der Waals surface area contributed by atoms with Gasteiger partial charge in [-0.1, -0.05) is 12.1 Å². The minimum absolute atomic E-state index is 0.00155. The summed E-state index contributed by atoms with van der Waals surface area (Å²) in [6.45, 7) is 2.77. The van der Waals surface area contributed by atoms with E-state index in [1.54, 1.807) is 32.0 Å². The third kappa shape index (κ3) is 6.24. The van der Waals surface area contributed by atoms with Crippen LogP contribution in [0.5, 0.6) is 0 Å². The smallest absolute Gasteiger partial charge is 0.339 e. The molecule has 0 radical (unpaired) electrons. The van der Waals surface area contributed by atoms with Gasteiger partial charge in [-0.15, -0.1) is 11.8 Å². The molecule has 34 heavy (non-hydrogen) atoms. The topological polar surface area (TPSA) is 121 Å². The normalized spacial score (nSPS) is 10.3. The van der Waals surface area contributed by atoms with Gasteiger partial charge >= 0.3 is 5.97 Å². The van der Waals surface area contributed by atoms with E-state index >= 15 is 0 Å². The van der Waals surface area contributed by atoms with Gasteiger partial charge in [0.2, 0.25) is 11.8 Å². The second-order valence-corrected chi connectivity index (χ2v) is 8.08. The van der Waals surface area contributed by atoms with E-state index < -0.39 is 24.3 Å². The molecule has 3 rings (SSSR count). The SMILES string of the molecule is Cc1oc(NC(=O)COC(=O)c2ccccc2SCC(=O)Nc2ccc(F)cc2)c(C#N)c1C. The van der Waals surface area contributed by atoms with E-state index in [9.17, 15) is 24.0 Å². The molecule has 1 aromatic heterocycles. The quantitative estimate of drug-likeness (QED) is 0.360. The van der Waals surface area contributed by atoms with Crippen molar-refractivity contribution in [1.29, 1.82) is 5.26 Å². The van der Waals surface area contributed by atoms with Crippen LogP contribution >= 0.6 is 11.8 Å². The monoisotopic (exact) mass is 481 g/mol. The lowest BCUT2D eigenvalue weighted by Crippen LogP contribution is -2.21. The first-order valence-corrected chi connectivity index (χ1v) is 11.0. The van der Waals surface area contributed by atoms with Crippen LogP contribution < -0.4 is 10.6 Å². The third-order valence-electron chi connectivity index (χ3n) is 4.68. The van der Waals surface area contributed by atoms with Crippen LogP contribution in [0.2, 0.25) is 0 Å². The summed E-state index contributed by atoms with van der Waals surface area (Å²) in [5.41, 5.74) is 1.46. The van der Waals surface area contributed by atoms with Gasteiger partial charge in [-0.05, 0) is 50.2 Å². The Labute approximate surface area is 199 Å². The van der Waals surface area contributed by atoms with Gasteiger partial charge < -0.3 is 14.5 Å². The number of nitrogens with zero attached hydrogens (tertiary/aromatic N) is 1. The Hall–Kier alpha value is -4.10. The molecule has 0 aliphatic rings. The van der Waals surface area contributed by atoms with Crippen LogP contribution in [0.1, 0.15) is 27.2 Å². The maximum atomic E-state index is 13.0. The van der Waals surface area contributed by atoms with E-state index in [1.165, 1.54) is 30.3 Å². The maximum Gasteiger partial charge on any atom is 0.339 e. The van der Waals surface area contributed by atoms with Crippen molar-refractivity contribution < 1.29 is 27.9 Å². The summed E-state index contributed by atoms with van der Waals surface area (Å²) in [4.78, 5) is 37.4. The number of amides is 2. The van der Waals surface area contributed by atoms with Crippen LogP contribution in [0.4, 0.5) is 16.0 Å². The number of nitriles is 1. The van der Waals surface area contributed by atoms with Crippen molar-refractivity contribution in [3.8, 4) is 6.07 Å². The van der Waals surface area contributed by atoms with Crippen LogP contribution in [-0.4, -0.2) is 30.1 Å². The summed E-state index contributed by atoms with van der Waals surface area (Å²) in [5, 5.41) is 14.3. The number of benzene rings is 2. The number of hydrogen-bond donors (Lipinski definition) is 2. The second kappa shape index (κ2) is 11.2. The van der Waals surface area contributed by atoms with E-state index in [0.29, 0.717) is 21.9 Å². The van der Waals surface area contributed by atoms with Crippen LogP contribution in [0.3, 0.4) is 0 Å². The van der Waals surface area contributed by atoms with Crippen molar-refractivity contribution in [3.63, 3.8) is 0 Å². The fourth-order valence-corrected chi connectivity index (χ4v) is 3.70. The summed E-state index contributed by atoms with van der Waals surface area (Å²) in [5.74, 6) is -1.66. The third-order valence-corrected chi connectivity index (χ3v) is 5.75. The molecule has 0 atom stereocenters. The predicted octanol–water partition coefficient (Wildman–Crippen LogP) is 4.43. The lowest BCUT2D eigenvalue weighted by Gasteiger charge is -2.10. The maximum absolute atomic E-state index is 13.0. The van der Waals surface area contributed by atoms with E-state index in [0.717, 1.165) is 11.8 Å². The summed E-state index contributed by atoms with van der Waals surface area (Å²) in [6.07, 6.45) is 0. The molecule has 0 aliphatic carbocycles. The average Bonchev–Trinajstić information content (AvgIpc) is 3.09. The zero-order valence-corrected chi connectivity index (χ0v) is 19.1. The number of carbonyl (C=O) groups is 3. The predicted molar refractivity (Wildman–Crippen MR) is 124 cm³/mol. The molecular weight excluding hydrogens is 461 g/mol. The molecule has 3 aromatic rings. The van der Waals surface area contributed by atoms with Crippen LogP contribution in [0.25, 0.3) is 0 Å². The fourth-order valence-electron chi connectivity index (χ4n) is 2.86. The first-order valence-electron chi connectivity index (χ1n) is 10.0. The van der Waals surface area contributed by atoms with Crippen molar-refractivity contribution in [2.24, 2.45) is 0 Å². The number of anilines is 2. The molecule has 0 aliphatic heterocycles. The summed E-state index contributed by atoms with van der Waals surface area (Å²) >= 11 is 1.11. The Kier molecular flexibility index (Phi) is 8.05. The van der Waals surface area contributed by atoms with Crippen LogP contribution in [0, 0.1) is 31.0 Å². The molecule has 0 bridgehead atoms. The number of hydrogen-bond acceptors (Lipinski definition) is 7. The van der Waals surface area contributed by atoms with Crippen LogP contribution in [0.15, 0.2) is 57.8 Å². The Morgan fingerprint density at radius 1 is 1.06 bits per heavy atom. The molecule has 2 aromatic carbocycles. The second-order valence-electron chi connectivity index (χ2n) is 7.06. The number of carbonyl (C=O) groups excluding carboxylic acids is 3. The molecule has 174 valence electrons. The Balaban J connectivity index is 1.56. The molecular formula is C24H20FN3O5S. The van der Waals surface area contributed by atoms with E-state index in [-0.39, 0.29) is 28.7 Å². The van der Waals surface area contributed by atoms with Crippen LogP contribution in [-0.2, 0) is 14.3 Å². The van der Waals surface area contributed by atoms with Crippen molar-refractivity contribution in [2.75, 3.05) is 23.0 Å². The molecule has 0 saturated heterocycles. The largest absolute Gasteiger partial charge is 0.452 e. The molecule has 10 heteroatoms. The average molecular weight is 482 g/mol. The minimum atomic E-state index is -0.746. The molecule has 0 unspecified atom stereocenters. The lowest BCUT2D eigenvalue weighted by molar-refractivity contribution is -0.119. The molecule has 2 amide bonds. The standard InChI is InChI=1S/C24H20FN3O5S/c1-14-15(2)33-23(19(14)11-26)28-21(29)12-32-24(31)18-5-3-4-6-20(18)34-13-22(30)27-17-9-7-16(25)8-10-17/h3-10H,12-13H2,1-2H3,(H,27,30)(H,28,29). The van der Waals surface area contributed by atoms with E-state index in [4.69, 9.17) is 9.15 Å². The Morgan fingerprint density at radius 2 is 1.76 bits per heavy atom. The first-order chi connectivity index (χ1) is 16.3. The van der Waals surface area contributed by atoms with Crippen molar-refractivity contribution in [3.05, 3.63) is 76.8 Å². The minimum Gasteiger partial charge on any atom is -0.452 e. The molecule has 0 fully saturated rings. The molecule has 2 N–H and O–H groups in total. The van der Waals surface area contributed by atoms with Gasteiger partial charge in [-0.3, -0.25) is 14.9 Å². The number of thioether (sulfide) groups is 1. The first kappa shape index (κ1) is 24.5. The summed E-state index contributed by atoms with van der Waals surface area (Å²) in [7, 11) is 0. The van der Waals surface area contributed by atoms with Gasteiger partial charge in [0.15, 0.2) is 6.61 Å². The number of esters is 1. The van der Waals surface area contributed by atoms with Gasteiger partial charge in [0.25, 0.3) is 5.91 Å². The van der Waals surface area contributed by atoms with E-state index in [1.807, 2.05) is 6.07 Å². The van der Waals surface area contributed by atoms with Crippen molar-refractivity contribution in [2.45, 2.75) is 18.7 Å².